The van der Waals surface area contributed by atoms with Gasteiger partial charge in [-0.3, -0.25) is 9.59 Å². The molecule has 0 fully saturated rings. The fourth-order valence-electron chi connectivity index (χ4n) is 2.39. The van der Waals surface area contributed by atoms with E-state index in [0.717, 1.165) is 17.8 Å². The lowest BCUT2D eigenvalue weighted by Gasteiger charge is -2.10. The van der Waals surface area contributed by atoms with Gasteiger partial charge in [-0.05, 0) is 18.6 Å². The van der Waals surface area contributed by atoms with Gasteiger partial charge in [-0.15, -0.1) is 0 Å². The van der Waals surface area contributed by atoms with E-state index in [1.807, 2.05) is 13.8 Å². The van der Waals surface area contributed by atoms with E-state index < -0.39 is 0 Å². The Labute approximate surface area is 161 Å². The van der Waals surface area contributed by atoms with E-state index in [0.29, 0.717) is 22.1 Å². The zero-order chi connectivity index (χ0) is 19.4. The van der Waals surface area contributed by atoms with Crippen molar-refractivity contribution < 1.29 is 9.53 Å². The van der Waals surface area contributed by atoms with Gasteiger partial charge >= 0.3 is 0 Å². The molecule has 0 aliphatic carbocycles. The third-order valence-electron chi connectivity index (χ3n) is 3.82. The topological polar surface area (TPSA) is 85.6 Å². The van der Waals surface area contributed by atoms with E-state index >= 15 is 0 Å². The molecule has 0 aliphatic heterocycles. The van der Waals surface area contributed by atoms with Crippen LogP contribution in [0.25, 0.3) is 4.96 Å². The number of anilines is 1. The maximum atomic E-state index is 12.2. The minimum absolute atomic E-state index is 0.0552. The quantitative estimate of drug-likeness (QED) is 0.673. The van der Waals surface area contributed by atoms with E-state index in [9.17, 15) is 9.59 Å². The Morgan fingerprint density at radius 2 is 2.15 bits per heavy atom. The number of hydrogen-bond acceptors (Lipinski definition) is 6. The van der Waals surface area contributed by atoms with Crippen molar-refractivity contribution in [1.29, 1.82) is 0 Å². The molecule has 2 aromatic heterocycles. The van der Waals surface area contributed by atoms with E-state index in [4.69, 9.17) is 4.74 Å². The van der Waals surface area contributed by atoms with Crippen molar-refractivity contribution >= 4 is 27.9 Å². The summed E-state index contributed by atoms with van der Waals surface area (Å²) in [5.74, 6) is 0.436. The average molecular weight is 386 g/mol. The molecule has 27 heavy (non-hydrogen) atoms. The van der Waals surface area contributed by atoms with Crippen molar-refractivity contribution in [3.8, 4) is 5.75 Å². The number of nitrogens with zero attached hydrogens (tertiary/aromatic N) is 3. The van der Waals surface area contributed by atoms with Gasteiger partial charge in [0, 0.05) is 30.2 Å². The molecular formula is C19H22N4O3S. The van der Waals surface area contributed by atoms with Gasteiger partial charge in [-0.25, -0.2) is 4.98 Å². The largest absolute Gasteiger partial charge is 0.487 e. The van der Waals surface area contributed by atoms with Crippen LogP contribution >= 0.6 is 11.3 Å². The summed E-state index contributed by atoms with van der Waals surface area (Å²) in [7, 11) is 0. The van der Waals surface area contributed by atoms with Gasteiger partial charge in [0.05, 0.1) is 5.69 Å². The Kier molecular flexibility index (Phi) is 5.85. The van der Waals surface area contributed by atoms with Crippen LogP contribution in [0, 0.1) is 5.92 Å². The second-order valence-corrected chi connectivity index (χ2v) is 7.53. The summed E-state index contributed by atoms with van der Waals surface area (Å²) in [4.78, 5) is 29.1. The van der Waals surface area contributed by atoms with E-state index in [-0.39, 0.29) is 24.0 Å². The maximum absolute atomic E-state index is 12.2. The number of rotatable bonds is 7. The molecule has 142 valence electrons. The van der Waals surface area contributed by atoms with E-state index in [2.05, 4.69) is 22.3 Å². The van der Waals surface area contributed by atoms with Crippen LogP contribution in [0.3, 0.4) is 0 Å². The molecule has 1 aromatic carbocycles. The Balaban J connectivity index is 1.73. The number of hydrogen-bond donors (Lipinski definition) is 1. The third-order valence-corrected chi connectivity index (χ3v) is 4.78. The Morgan fingerprint density at radius 3 is 2.89 bits per heavy atom. The van der Waals surface area contributed by atoms with Crippen LogP contribution in [0.1, 0.15) is 37.9 Å². The first-order chi connectivity index (χ1) is 13.0. The number of aryl methyl sites for hydroxylation is 1. The fraction of sp³-hybridized carbons (Fsp3) is 0.368. The van der Waals surface area contributed by atoms with Gasteiger partial charge in [0.1, 0.15) is 17.4 Å². The molecule has 0 bridgehead atoms. The van der Waals surface area contributed by atoms with Crippen LogP contribution in [0.4, 0.5) is 5.69 Å². The first-order valence-corrected chi connectivity index (χ1v) is 9.70. The van der Waals surface area contributed by atoms with Gasteiger partial charge < -0.3 is 10.1 Å². The molecule has 8 heteroatoms. The van der Waals surface area contributed by atoms with Crippen LogP contribution in [0.2, 0.25) is 0 Å². The highest BCUT2D eigenvalue weighted by atomic mass is 32.1. The van der Waals surface area contributed by atoms with Crippen molar-refractivity contribution in [2.24, 2.45) is 5.92 Å². The van der Waals surface area contributed by atoms with Crippen molar-refractivity contribution in [3.63, 3.8) is 0 Å². The van der Waals surface area contributed by atoms with Crippen molar-refractivity contribution in [1.82, 2.24) is 14.6 Å². The first kappa shape index (κ1) is 19.0. The zero-order valence-electron chi connectivity index (χ0n) is 15.6. The number of amides is 1. The summed E-state index contributed by atoms with van der Waals surface area (Å²) >= 11 is 1.42. The third kappa shape index (κ3) is 4.71. The second kappa shape index (κ2) is 8.30. The molecule has 1 N–H and O–H groups in total. The van der Waals surface area contributed by atoms with Crippen LogP contribution in [-0.2, 0) is 17.8 Å². The summed E-state index contributed by atoms with van der Waals surface area (Å²) in [6.07, 6.45) is 1.79. The molecule has 0 unspecified atom stereocenters. The molecule has 1 amide bonds. The lowest BCUT2D eigenvalue weighted by atomic mass is 10.2. The number of aromatic nitrogens is 3. The minimum atomic E-state index is -0.213. The van der Waals surface area contributed by atoms with Crippen LogP contribution < -0.4 is 15.6 Å². The molecule has 0 spiro atoms. The highest BCUT2D eigenvalue weighted by Crippen LogP contribution is 2.19. The lowest BCUT2D eigenvalue weighted by molar-refractivity contribution is -0.118. The molecule has 0 aliphatic rings. The van der Waals surface area contributed by atoms with Crippen LogP contribution in [0.5, 0.6) is 5.75 Å². The first-order valence-electron chi connectivity index (χ1n) is 8.88. The highest BCUT2D eigenvalue weighted by Gasteiger charge is 2.10. The predicted molar refractivity (Wildman–Crippen MR) is 105 cm³/mol. The summed E-state index contributed by atoms with van der Waals surface area (Å²) in [5, 5.41) is 8.02. The molecule has 3 rings (SSSR count). The highest BCUT2D eigenvalue weighted by molar-refractivity contribution is 7.16. The number of nitrogens with one attached hydrogen (secondary N) is 1. The van der Waals surface area contributed by atoms with Gasteiger partial charge in [-0.2, -0.15) is 9.61 Å². The average Bonchev–Trinajstić information content (AvgIpc) is 3.04. The summed E-state index contributed by atoms with van der Waals surface area (Å²) in [6, 6.07) is 8.58. The molecular weight excluding hydrogens is 364 g/mol. The Hall–Kier alpha value is -2.74. The number of ether oxygens (including phenoxy) is 1. The van der Waals surface area contributed by atoms with Gasteiger partial charge in [0.25, 0.3) is 5.56 Å². The molecule has 0 radical (unpaired) electrons. The van der Waals surface area contributed by atoms with Gasteiger partial charge in [0.15, 0.2) is 0 Å². The van der Waals surface area contributed by atoms with Crippen molar-refractivity contribution in [2.45, 2.75) is 40.2 Å². The monoisotopic (exact) mass is 386 g/mol. The Bertz CT molecular complexity index is 1010. The SMILES string of the molecule is CCCc1nn2c(=O)cc(COc3cccc(NC(=O)C(C)C)c3)nc2s1. The number of carbonyl (C=O) groups excluding carboxylic acids is 1. The fourth-order valence-corrected chi connectivity index (χ4v) is 3.41. The zero-order valence-corrected chi connectivity index (χ0v) is 16.4. The predicted octanol–water partition coefficient (Wildman–Crippen LogP) is 3.28. The number of carbonyl (C=O) groups is 1. The van der Waals surface area contributed by atoms with E-state index in [1.54, 1.807) is 24.3 Å². The van der Waals surface area contributed by atoms with Gasteiger partial charge in [0.2, 0.25) is 10.9 Å². The van der Waals surface area contributed by atoms with E-state index in [1.165, 1.54) is 21.9 Å². The summed E-state index contributed by atoms with van der Waals surface area (Å²) < 4.78 is 7.09. The standard InChI is InChI=1S/C19H22N4O3S/c1-4-6-16-22-23-17(24)10-14(21-19(23)27-16)11-26-15-8-5-7-13(9-15)20-18(25)12(2)3/h5,7-10,12H,4,6,11H2,1-3H3,(H,20,25). The van der Waals surface area contributed by atoms with Crippen LogP contribution in [-0.4, -0.2) is 20.5 Å². The maximum Gasteiger partial charge on any atom is 0.275 e. The normalized spacial score (nSPS) is 11.1. The van der Waals surface area contributed by atoms with Crippen molar-refractivity contribution in [2.75, 3.05) is 5.32 Å². The second-order valence-electron chi connectivity index (χ2n) is 6.49. The number of benzene rings is 1. The number of fused-ring (bicyclic) bond motifs is 1. The minimum Gasteiger partial charge on any atom is -0.487 e. The smallest absolute Gasteiger partial charge is 0.275 e. The van der Waals surface area contributed by atoms with Gasteiger partial charge in [-0.1, -0.05) is 38.2 Å². The van der Waals surface area contributed by atoms with Crippen LogP contribution in [0.15, 0.2) is 35.1 Å². The molecule has 0 saturated carbocycles. The molecule has 3 aromatic rings. The molecule has 0 saturated heterocycles. The summed E-state index contributed by atoms with van der Waals surface area (Å²) in [5.41, 5.74) is 1.000. The molecule has 7 nitrogen and oxygen atoms in total. The summed E-state index contributed by atoms with van der Waals surface area (Å²) in [6.45, 7) is 5.90. The molecule has 2 heterocycles. The lowest BCUT2D eigenvalue weighted by Crippen LogP contribution is -2.17. The van der Waals surface area contributed by atoms with Crippen molar-refractivity contribution in [3.05, 3.63) is 51.4 Å². The molecule has 0 atom stereocenters. The Morgan fingerprint density at radius 1 is 1.33 bits per heavy atom.